The molecule has 0 radical (unpaired) electrons. The van der Waals surface area contributed by atoms with E-state index in [1.165, 1.54) is 30.2 Å². The number of methoxy groups -OCH3 is 1. The van der Waals surface area contributed by atoms with E-state index in [2.05, 4.69) is 15.4 Å². The van der Waals surface area contributed by atoms with Gasteiger partial charge < -0.3 is 34.5 Å². The molecule has 1 saturated heterocycles. The van der Waals surface area contributed by atoms with Gasteiger partial charge in [0.25, 0.3) is 17.7 Å². The van der Waals surface area contributed by atoms with E-state index >= 15 is 0 Å². The molecule has 1 fully saturated rings. The van der Waals surface area contributed by atoms with Crippen LogP contribution in [-0.4, -0.2) is 68.2 Å². The van der Waals surface area contributed by atoms with Gasteiger partial charge in [0, 0.05) is 37.2 Å². The van der Waals surface area contributed by atoms with Crippen molar-refractivity contribution in [2.45, 2.75) is 31.7 Å². The van der Waals surface area contributed by atoms with Gasteiger partial charge in [-0.1, -0.05) is 36.4 Å². The van der Waals surface area contributed by atoms with Gasteiger partial charge in [-0.05, 0) is 65.7 Å². The lowest BCUT2D eigenvalue weighted by Gasteiger charge is -2.39. The molecule has 0 aromatic heterocycles. The summed E-state index contributed by atoms with van der Waals surface area (Å²) in [5, 5.41) is 5.90. The lowest BCUT2D eigenvalue weighted by atomic mass is 9.98. The smallest absolute Gasteiger partial charge is 0.387 e. The van der Waals surface area contributed by atoms with Gasteiger partial charge in [0.05, 0.1) is 18.7 Å². The fraction of sp³-hybridized carbons (Fsp3) is 0.250. The molecule has 2 atom stereocenters. The number of rotatable bonds is 4. The van der Waals surface area contributed by atoms with E-state index in [1.807, 2.05) is 18.2 Å². The van der Waals surface area contributed by atoms with Crippen LogP contribution in [0.15, 0.2) is 91.0 Å². The highest BCUT2D eigenvalue weighted by Crippen LogP contribution is 2.33. The van der Waals surface area contributed by atoms with Crippen LogP contribution in [0.1, 0.15) is 32.7 Å². The predicted octanol–water partition coefficient (Wildman–Crippen LogP) is 5.06. The van der Waals surface area contributed by atoms with Crippen LogP contribution in [0, 0.1) is 0 Å². The Kier molecular flexibility index (Phi) is 9.70. The number of nitrogens with one attached hydrogen (secondary N) is 2. The molecule has 2 N–H and O–H groups in total. The molecule has 10 nitrogen and oxygen atoms in total. The molecule has 0 saturated carbocycles. The van der Waals surface area contributed by atoms with Crippen molar-refractivity contribution >= 4 is 17.7 Å². The number of carbonyl (C=O) groups excluding carboxylic acids is 3. The third-order valence-corrected chi connectivity index (χ3v) is 8.16. The summed E-state index contributed by atoms with van der Waals surface area (Å²) >= 11 is 0. The molecule has 3 amide bonds. The molecule has 0 aliphatic carbocycles. The minimum Gasteiger partial charge on any atom is -0.496 e. The molecule has 7 rings (SSSR count). The number of carbonyl (C=O) groups is 3. The molecular weight excluding hydrogens is 624 g/mol. The molecule has 12 heteroatoms. The van der Waals surface area contributed by atoms with E-state index in [0.717, 1.165) is 5.56 Å². The van der Waals surface area contributed by atoms with Crippen molar-refractivity contribution in [3.05, 3.63) is 108 Å². The summed E-state index contributed by atoms with van der Waals surface area (Å²) in [6.07, 6.45) is -0.194. The topological polar surface area (TPSA) is 115 Å². The predicted molar refractivity (Wildman–Crippen MR) is 171 cm³/mol. The van der Waals surface area contributed by atoms with Crippen LogP contribution in [-0.2, 0) is 11.3 Å². The number of piperidine rings is 1. The minimum absolute atomic E-state index is 0.0101. The molecule has 48 heavy (non-hydrogen) atoms. The van der Waals surface area contributed by atoms with E-state index in [9.17, 15) is 23.2 Å². The van der Waals surface area contributed by atoms with Crippen molar-refractivity contribution in [3.63, 3.8) is 0 Å². The molecule has 248 valence electrons. The maximum atomic E-state index is 13.8. The Labute approximate surface area is 275 Å². The standard InChI is InChI=1S/C36H33F2N3O7/c1-45-30-14-11-24-18-28(30)23-5-4-6-26(17-23)46-21-33(42)39-19-22-9-12-25(13-10-22)47-32-15-16-41(20-29(32)40-34(24)43)35(44)27-7-2-3-8-31(27)48-36(37)38/h2-14,17-18,29,32,36H,15-16,19-21H2,1H3,(H,39,42)(H,40,43)/t29-,32-/m1/s1. The number of hydrogen-bond donors (Lipinski definition) is 2. The van der Waals surface area contributed by atoms with Gasteiger partial charge in [-0.25, -0.2) is 0 Å². The summed E-state index contributed by atoms with van der Waals surface area (Å²) in [5.41, 5.74) is 2.48. The number of nitrogens with zero attached hydrogens (tertiary/aromatic N) is 1. The van der Waals surface area contributed by atoms with Gasteiger partial charge in [-0.3, -0.25) is 14.4 Å². The van der Waals surface area contributed by atoms with Crippen molar-refractivity contribution in [1.29, 1.82) is 0 Å². The van der Waals surface area contributed by atoms with Gasteiger partial charge >= 0.3 is 6.61 Å². The van der Waals surface area contributed by atoms with Crippen molar-refractivity contribution in [1.82, 2.24) is 15.5 Å². The van der Waals surface area contributed by atoms with Crippen LogP contribution in [0.4, 0.5) is 8.78 Å². The zero-order valence-corrected chi connectivity index (χ0v) is 26.0. The average Bonchev–Trinajstić information content (AvgIpc) is 3.10. The first kappa shape index (κ1) is 32.3. The van der Waals surface area contributed by atoms with E-state index in [-0.39, 0.29) is 43.5 Å². The Morgan fingerprint density at radius 1 is 0.917 bits per heavy atom. The SMILES string of the molecule is COc1ccc2cc1-c1cccc(c1)OCC(=O)NCc1ccc(cc1)O[C@@H]1CCN(C(=O)c3ccccc3OC(F)F)C[C@H]1NC2=O. The second kappa shape index (κ2) is 14.4. The summed E-state index contributed by atoms with van der Waals surface area (Å²) in [5.74, 6) is 0.0738. The second-order valence-corrected chi connectivity index (χ2v) is 11.3. The molecule has 3 aliphatic heterocycles. The van der Waals surface area contributed by atoms with E-state index in [4.69, 9.17) is 14.2 Å². The van der Waals surface area contributed by atoms with Gasteiger partial charge in [-0.2, -0.15) is 8.78 Å². The highest BCUT2D eigenvalue weighted by molar-refractivity contribution is 5.98. The summed E-state index contributed by atoms with van der Waals surface area (Å²) in [6, 6.07) is 24.5. The Morgan fingerprint density at radius 2 is 1.73 bits per heavy atom. The first-order valence-electron chi connectivity index (χ1n) is 15.3. The third kappa shape index (κ3) is 7.49. The van der Waals surface area contributed by atoms with E-state index in [1.54, 1.807) is 54.6 Å². The zero-order chi connectivity index (χ0) is 33.6. The lowest BCUT2D eigenvalue weighted by Crippen LogP contribution is -2.58. The summed E-state index contributed by atoms with van der Waals surface area (Å²) in [6.45, 7) is -2.71. The summed E-state index contributed by atoms with van der Waals surface area (Å²) in [4.78, 5) is 41.5. The van der Waals surface area contributed by atoms with Gasteiger partial charge in [0.15, 0.2) is 6.61 Å². The molecule has 3 heterocycles. The van der Waals surface area contributed by atoms with E-state index in [0.29, 0.717) is 40.4 Å². The Morgan fingerprint density at radius 3 is 2.52 bits per heavy atom. The fourth-order valence-electron chi connectivity index (χ4n) is 5.75. The molecular formula is C36H33F2N3O7. The normalized spacial score (nSPS) is 18.0. The maximum absolute atomic E-state index is 13.8. The molecule has 6 bridgehead atoms. The fourth-order valence-corrected chi connectivity index (χ4v) is 5.75. The van der Waals surface area contributed by atoms with Crippen molar-refractivity contribution in [2.75, 3.05) is 26.8 Å². The highest BCUT2D eigenvalue weighted by Gasteiger charge is 2.35. The largest absolute Gasteiger partial charge is 0.496 e. The van der Waals surface area contributed by atoms with Crippen LogP contribution in [0.2, 0.25) is 0 Å². The van der Waals surface area contributed by atoms with Crippen molar-refractivity contribution in [2.24, 2.45) is 0 Å². The number of amides is 3. The van der Waals surface area contributed by atoms with Gasteiger partial charge in [-0.15, -0.1) is 0 Å². The minimum atomic E-state index is -3.10. The first-order chi connectivity index (χ1) is 23.3. The number of fused-ring (bicyclic) bond motifs is 7. The number of likely N-dealkylation sites (tertiary alicyclic amines) is 1. The van der Waals surface area contributed by atoms with Crippen molar-refractivity contribution < 1.29 is 42.1 Å². The number of alkyl halides is 2. The molecule has 3 aliphatic rings. The average molecular weight is 658 g/mol. The van der Waals surface area contributed by atoms with Crippen molar-refractivity contribution in [3.8, 4) is 34.1 Å². The van der Waals surface area contributed by atoms with Crippen LogP contribution in [0.3, 0.4) is 0 Å². The third-order valence-electron chi connectivity index (χ3n) is 8.16. The first-order valence-corrected chi connectivity index (χ1v) is 15.3. The number of halogens is 2. The molecule has 0 spiro atoms. The Hall–Kier alpha value is -5.65. The highest BCUT2D eigenvalue weighted by atomic mass is 19.3. The monoisotopic (exact) mass is 657 g/mol. The number of para-hydroxylation sites is 1. The van der Waals surface area contributed by atoms with Crippen LogP contribution < -0.4 is 29.6 Å². The second-order valence-electron chi connectivity index (χ2n) is 11.3. The zero-order valence-electron chi connectivity index (χ0n) is 26.0. The van der Waals surface area contributed by atoms with Gasteiger partial charge in [0.2, 0.25) is 0 Å². The number of ether oxygens (including phenoxy) is 4. The quantitative estimate of drug-likeness (QED) is 0.315. The van der Waals surface area contributed by atoms with Gasteiger partial charge in [0.1, 0.15) is 29.1 Å². The maximum Gasteiger partial charge on any atom is 0.387 e. The van der Waals surface area contributed by atoms with Crippen LogP contribution in [0.25, 0.3) is 11.1 Å². The van der Waals surface area contributed by atoms with E-state index < -0.39 is 30.6 Å². The Balaban J connectivity index is 1.33. The lowest BCUT2D eigenvalue weighted by molar-refractivity contribution is -0.123. The molecule has 4 aromatic carbocycles. The molecule has 0 unspecified atom stereocenters. The van der Waals surface area contributed by atoms with Crippen LogP contribution in [0.5, 0.6) is 23.0 Å². The Bertz CT molecular complexity index is 1800. The summed E-state index contributed by atoms with van der Waals surface area (Å²) < 4.78 is 48.5. The summed E-state index contributed by atoms with van der Waals surface area (Å²) in [7, 11) is 1.53. The number of benzene rings is 4. The number of hydrogen-bond acceptors (Lipinski definition) is 7. The van der Waals surface area contributed by atoms with Crippen LogP contribution >= 0.6 is 0 Å². The molecule has 4 aromatic rings.